The Bertz CT molecular complexity index is 1090. The van der Waals surface area contributed by atoms with E-state index in [4.69, 9.17) is 12.2 Å². The van der Waals surface area contributed by atoms with E-state index < -0.39 is 11.8 Å². The lowest BCUT2D eigenvalue weighted by Gasteiger charge is -2.30. The van der Waals surface area contributed by atoms with Gasteiger partial charge in [-0.3, -0.25) is 19.8 Å². The monoisotopic (exact) mass is 423 g/mol. The van der Waals surface area contributed by atoms with Crippen molar-refractivity contribution in [2.75, 3.05) is 22.9 Å². The number of rotatable bonds is 3. The van der Waals surface area contributed by atoms with Gasteiger partial charge in [0.1, 0.15) is 11.4 Å². The molecule has 7 heteroatoms. The van der Waals surface area contributed by atoms with Gasteiger partial charge in [0, 0.05) is 13.1 Å². The minimum absolute atomic E-state index is 0.0312. The second kappa shape index (κ2) is 7.99. The van der Waals surface area contributed by atoms with E-state index in [1.807, 2.05) is 30.9 Å². The molecule has 2 aliphatic rings. The van der Waals surface area contributed by atoms with E-state index in [-0.39, 0.29) is 16.5 Å². The molecular formula is C23H22FN3O2S. The molecule has 5 nitrogen and oxygen atoms in total. The summed E-state index contributed by atoms with van der Waals surface area (Å²) in [6.07, 6.45) is 3.54. The van der Waals surface area contributed by atoms with E-state index in [1.54, 1.807) is 18.2 Å². The summed E-state index contributed by atoms with van der Waals surface area (Å²) in [5, 5.41) is 2.60. The number of amides is 2. The third-order valence-corrected chi connectivity index (χ3v) is 5.82. The summed E-state index contributed by atoms with van der Waals surface area (Å²) in [6.45, 7) is 5.38. The Morgan fingerprint density at radius 2 is 1.73 bits per heavy atom. The maximum Gasteiger partial charge on any atom is 0.270 e. The van der Waals surface area contributed by atoms with Gasteiger partial charge < -0.3 is 4.90 Å². The number of benzene rings is 2. The Kier molecular flexibility index (Phi) is 5.39. The molecule has 2 aromatic carbocycles. The SMILES string of the molecule is Cc1cc(N2CCCC2)c(F)cc1C=C1C(=O)NC(=S)N(c2ccccc2C)C1=O. The van der Waals surface area contributed by atoms with Gasteiger partial charge >= 0.3 is 0 Å². The van der Waals surface area contributed by atoms with Crippen molar-refractivity contribution in [3.8, 4) is 0 Å². The van der Waals surface area contributed by atoms with Crippen LogP contribution in [0.3, 0.4) is 0 Å². The van der Waals surface area contributed by atoms with Crippen molar-refractivity contribution in [3.63, 3.8) is 0 Å². The van der Waals surface area contributed by atoms with Crippen molar-refractivity contribution >= 4 is 46.6 Å². The summed E-state index contributed by atoms with van der Waals surface area (Å²) in [6, 6.07) is 10.5. The van der Waals surface area contributed by atoms with Gasteiger partial charge in [-0.25, -0.2) is 4.39 Å². The number of para-hydroxylation sites is 1. The molecule has 0 bridgehead atoms. The molecule has 2 aliphatic heterocycles. The quantitative estimate of drug-likeness (QED) is 0.463. The van der Waals surface area contributed by atoms with E-state index >= 15 is 0 Å². The fourth-order valence-corrected chi connectivity index (χ4v) is 4.16. The van der Waals surface area contributed by atoms with Crippen LogP contribution in [0.15, 0.2) is 42.0 Å². The zero-order valence-electron chi connectivity index (χ0n) is 16.9. The molecule has 0 saturated carbocycles. The molecule has 0 aromatic heterocycles. The normalized spacial score (nSPS) is 18.4. The first kappa shape index (κ1) is 20.2. The number of hydrogen-bond acceptors (Lipinski definition) is 4. The van der Waals surface area contributed by atoms with Gasteiger partial charge in [0.25, 0.3) is 11.8 Å². The molecule has 154 valence electrons. The second-order valence-electron chi connectivity index (χ2n) is 7.60. The third-order valence-electron chi connectivity index (χ3n) is 5.54. The lowest BCUT2D eigenvalue weighted by Crippen LogP contribution is -2.54. The van der Waals surface area contributed by atoms with Crippen LogP contribution in [0.5, 0.6) is 0 Å². The number of nitrogens with zero attached hydrogens (tertiary/aromatic N) is 2. The Morgan fingerprint density at radius 1 is 1.03 bits per heavy atom. The number of halogens is 1. The molecule has 2 heterocycles. The maximum atomic E-state index is 14.8. The molecular weight excluding hydrogens is 401 g/mol. The van der Waals surface area contributed by atoms with Gasteiger partial charge in [-0.1, -0.05) is 18.2 Å². The Hall–Kier alpha value is -3.06. The number of carbonyl (C=O) groups is 2. The van der Waals surface area contributed by atoms with Gasteiger partial charge in [0.2, 0.25) is 0 Å². The number of nitrogens with one attached hydrogen (secondary N) is 1. The smallest absolute Gasteiger partial charge is 0.270 e. The van der Waals surface area contributed by atoms with Crippen molar-refractivity contribution in [2.45, 2.75) is 26.7 Å². The molecule has 0 atom stereocenters. The zero-order valence-corrected chi connectivity index (χ0v) is 17.7. The molecule has 4 rings (SSSR count). The van der Waals surface area contributed by atoms with Gasteiger partial charge in [-0.05, 0) is 79.9 Å². The second-order valence-corrected chi connectivity index (χ2v) is 7.99. The molecule has 2 aromatic rings. The summed E-state index contributed by atoms with van der Waals surface area (Å²) < 4.78 is 14.8. The Morgan fingerprint density at radius 3 is 2.43 bits per heavy atom. The van der Waals surface area contributed by atoms with E-state index in [1.165, 1.54) is 17.0 Å². The van der Waals surface area contributed by atoms with Crippen molar-refractivity contribution in [1.29, 1.82) is 0 Å². The highest BCUT2D eigenvalue weighted by atomic mass is 32.1. The Labute approximate surface area is 180 Å². The molecule has 0 spiro atoms. The lowest BCUT2D eigenvalue weighted by molar-refractivity contribution is -0.122. The average Bonchev–Trinajstić information content (AvgIpc) is 3.23. The van der Waals surface area contributed by atoms with Gasteiger partial charge in [0.15, 0.2) is 5.11 Å². The van der Waals surface area contributed by atoms with Crippen molar-refractivity contribution in [2.24, 2.45) is 0 Å². The third kappa shape index (κ3) is 3.61. The first-order chi connectivity index (χ1) is 14.4. The van der Waals surface area contributed by atoms with Crippen LogP contribution in [0, 0.1) is 19.7 Å². The molecule has 0 aliphatic carbocycles. The molecule has 2 saturated heterocycles. The number of carbonyl (C=O) groups excluding carboxylic acids is 2. The first-order valence-electron chi connectivity index (χ1n) is 9.89. The molecule has 0 radical (unpaired) electrons. The zero-order chi connectivity index (χ0) is 21.4. The first-order valence-corrected chi connectivity index (χ1v) is 10.3. The number of aryl methyl sites for hydroxylation is 2. The molecule has 0 unspecified atom stereocenters. The van der Waals surface area contributed by atoms with E-state index in [0.717, 1.165) is 37.1 Å². The lowest BCUT2D eigenvalue weighted by atomic mass is 10.0. The average molecular weight is 424 g/mol. The molecule has 1 N–H and O–H groups in total. The van der Waals surface area contributed by atoms with Gasteiger partial charge in [-0.2, -0.15) is 0 Å². The fraction of sp³-hybridized carbons (Fsp3) is 0.261. The van der Waals surface area contributed by atoms with Crippen LogP contribution in [0.1, 0.15) is 29.5 Å². The number of hydrogen-bond donors (Lipinski definition) is 1. The Balaban J connectivity index is 1.73. The summed E-state index contributed by atoms with van der Waals surface area (Å²) in [4.78, 5) is 29.1. The van der Waals surface area contributed by atoms with E-state index in [0.29, 0.717) is 16.9 Å². The number of thiocarbonyl (C=S) groups is 1. The minimum Gasteiger partial charge on any atom is -0.369 e. The van der Waals surface area contributed by atoms with Crippen molar-refractivity contribution in [1.82, 2.24) is 5.32 Å². The van der Waals surface area contributed by atoms with Crippen LogP contribution >= 0.6 is 12.2 Å². The summed E-state index contributed by atoms with van der Waals surface area (Å²) >= 11 is 5.25. The molecule has 2 amide bonds. The molecule has 2 fully saturated rings. The van der Waals surface area contributed by atoms with Crippen LogP contribution < -0.4 is 15.1 Å². The van der Waals surface area contributed by atoms with E-state index in [9.17, 15) is 14.0 Å². The predicted octanol–water partition coefficient (Wildman–Crippen LogP) is 3.87. The van der Waals surface area contributed by atoms with E-state index in [2.05, 4.69) is 5.32 Å². The van der Waals surface area contributed by atoms with Gasteiger partial charge in [-0.15, -0.1) is 0 Å². The fourth-order valence-electron chi connectivity index (χ4n) is 3.88. The minimum atomic E-state index is -0.585. The standard InChI is InChI=1S/C23H22FN3O2S/c1-14-7-3-4-8-19(14)27-22(29)17(21(28)25-23(27)30)12-16-13-18(24)20(11-15(16)2)26-9-5-6-10-26/h3-4,7-8,11-13H,5-6,9-10H2,1-2H3,(H,25,28,30). The van der Waals surface area contributed by atoms with Crippen molar-refractivity contribution in [3.05, 3.63) is 64.5 Å². The summed E-state index contributed by atoms with van der Waals surface area (Å²) in [7, 11) is 0. The highest BCUT2D eigenvalue weighted by molar-refractivity contribution is 7.80. The van der Waals surface area contributed by atoms with Crippen LogP contribution in [-0.2, 0) is 9.59 Å². The number of anilines is 2. The summed E-state index contributed by atoms with van der Waals surface area (Å²) in [5.74, 6) is -1.47. The van der Waals surface area contributed by atoms with Gasteiger partial charge in [0.05, 0.1) is 11.4 Å². The largest absolute Gasteiger partial charge is 0.369 e. The summed E-state index contributed by atoms with van der Waals surface area (Å²) in [5.41, 5.74) is 3.22. The maximum absolute atomic E-state index is 14.8. The van der Waals surface area contributed by atoms with Crippen LogP contribution in [0.4, 0.5) is 15.8 Å². The van der Waals surface area contributed by atoms with Crippen LogP contribution in [0.25, 0.3) is 6.08 Å². The molecule has 30 heavy (non-hydrogen) atoms. The topological polar surface area (TPSA) is 52.7 Å². The highest BCUT2D eigenvalue weighted by Gasteiger charge is 2.35. The van der Waals surface area contributed by atoms with Crippen LogP contribution in [0.2, 0.25) is 0 Å². The van der Waals surface area contributed by atoms with Crippen molar-refractivity contribution < 1.29 is 14.0 Å². The predicted molar refractivity (Wildman–Crippen MR) is 120 cm³/mol. The van der Waals surface area contributed by atoms with Crippen LogP contribution in [-0.4, -0.2) is 30.0 Å². The highest BCUT2D eigenvalue weighted by Crippen LogP contribution is 2.29.